The monoisotopic (exact) mass is 416 g/mol. The van der Waals surface area contributed by atoms with Crippen molar-refractivity contribution < 1.29 is 0 Å². The fourth-order valence-corrected chi connectivity index (χ4v) is 3.61. The zero-order valence-electron chi connectivity index (χ0n) is 11.8. The van der Waals surface area contributed by atoms with Gasteiger partial charge < -0.3 is 5.73 Å². The number of nitrogen functional groups attached to an aromatic ring is 1. The lowest BCUT2D eigenvalue weighted by atomic mass is 10.2. The van der Waals surface area contributed by atoms with Gasteiger partial charge in [-0.05, 0) is 24.3 Å². The summed E-state index contributed by atoms with van der Waals surface area (Å²) in [4.78, 5) is 4.29. The third-order valence-corrected chi connectivity index (χ3v) is 4.78. The number of nitrogens with two attached hydrogens (primary N) is 1. The molecule has 4 nitrogen and oxygen atoms in total. The number of anilines is 1. The Balaban J connectivity index is 2.01. The first-order chi connectivity index (χ1) is 11.4. The molecule has 2 aromatic carbocycles. The highest BCUT2D eigenvalue weighted by Gasteiger charge is 2.13. The van der Waals surface area contributed by atoms with Gasteiger partial charge in [0.05, 0.1) is 10.0 Å². The molecule has 1 heterocycles. The average molecular weight is 418 g/mol. The van der Waals surface area contributed by atoms with Gasteiger partial charge in [-0.3, -0.25) is 0 Å². The van der Waals surface area contributed by atoms with Gasteiger partial charge in [-0.15, -0.1) is 10.2 Å². The summed E-state index contributed by atoms with van der Waals surface area (Å²) in [5.74, 6) is 0. The van der Waals surface area contributed by atoms with Crippen molar-refractivity contribution in [3.63, 3.8) is 0 Å². The van der Waals surface area contributed by atoms with Crippen LogP contribution in [0.2, 0.25) is 20.1 Å². The van der Waals surface area contributed by atoms with Crippen molar-refractivity contribution in [2.75, 3.05) is 5.73 Å². The van der Waals surface area contributed by atoms with Gasteiger partial charge in [0.1, 0.15) is 11.4 Å². The molecule has 0 saturated heterocycles. The molecular weight excluding hydrogens is 410 g/mol. The van der Waals surface area contributed by atoms with Crippen LogP contribution in [0.5, 0.6) is 0 Å². The van der Waals surface area contributed by atoms with Crippen molar-refractivity contribution in [3.05, 3.63) is 56.5 Å². The van der Waals surface area contributed by atoms with E-state index >= 15 is 0 Å². The van der Waals surface area contributed by atoms with E-state index in [1.165, 1.54) is 11.3 Å². The molecule has 0 radical (unpaired) electrons. The Hall–Kier alpha value is -1.37. The zero-order valence-corrected chi connectivity index (χ0v) is 15.6. The molecule has 0 amide bonds. The van der Waals surface area contributed by atoms with Crippen LogP contribution in [-0.4, -0.2) is 4.98 Å². The number of halogens is 4. The summed E-state index contributed by atoms with van der Waals surface area (Å²) in [6, 6.07) is 10.3. The lowest BCUT2D eigenvalue weighted by Crippen LogP contribution is -1.82. The normalized spacial score (nSPS) is 11.3. The summed E-state index contributed by atoms with van der Waals surface area (Å²) in [7, 11) is 0. The molecule has 3 rings (SSSR count). The Bertz CT molecular complexity index is 899. The molecule has 0 aliphatic rings. The van der Waals surface area contributed by atoms with Crippen molar-refractivity contribution >= 4 is 73.6 Å². The number of aromatic nitrogens is 1. The predicted molar refractivity (Wildman–Crippen MR) is 103 cm³/mol. The second kappa shape index (κ2) is 7.25. The first-order valence-electron chi connectivity index (χ1n) is 6.52. The Morgan fingerprint density at radius 1 is 0.875 bits per heavy atom. The third kappa shape index (κ3) is 3.82. The maximum absolute atomic E-state index is 6.11. The van der Waals surface area contributed by atoms with E-state index in [1.54, 1.807) is 24.3 Å². The first-order valence-corrected chi connectivity index (χ1v) is 8.85. The van der Waals surface area contributed by atoms with E-state index in [-0.39, 0.29) is 0 Å². The maximum Gasteiger partial charge on any atom is 0.182 e. The molecule has 0 spiro atoms. The Labute approximate surface area is 161 Å². The summed E-state index contributed by atoms with van der Waals surface area (Å²) >= 11 is 25.2. The third-order valence-electron chi connectivity index (χ3n) is 2.97. The van der Waals surface area contributed by atoms with E-state index in [0.29, 0.717) is 41.6 Å². The number of nitrogens with zero attached hydrogens (tertiary/aromatic N) is 3. The van der Waals surface area contributed by atoms with E-state index in [0.717, 1.165) is 5.56 Å². The van der Waals surface area contributed by atoms with E-state index in [1.807, 2.05) is 12.1 Å². The van der Waals surface area contributed by atoms with E-state index in [4.69, 9.17) is 52.1 Å². The minimum Gasteiger partial charge on any atom is -0.375 e. The van der Waals surface area contributed by atoms with Crippen LogP contribution in [-0.2, 0) is 0 Å². The van der Waals surface area contributed by atoms with E-state index in [9.17, 15) is 0 Å². The van der Waals surface area contributed by atoms with E-state index in [2.05, 4.69) is 15.2 Å². The summed E-state index contributed by atoms with van der Waals surface area (Å²) in [6.45, 7) is 0. The number of rotatable bonds is 3. The van der Waals surface area contributed by atoms with Crippen LogP contribution in [0, 0.1) is 0 Å². The molecule has 2 N–H and O–H groups in total. The topological polar surface area (TPSA) is 63.6 Å². The van der Waals surface area contributed by atoms with Gasteiger partial charge in [-0.25, -0.2) is 4.98 Å². The Kier molecular flexibility index (Phi) is 5.27. The Morgan fingerprint density at radius 2 is 1.50 bits per heavy atom. The molecule has 1 aromatic heterocycles. The molecule has 0 saturated carbocycles. The van der Waals surface area contributed by atoms with Crippen molar-refractivity contribution in [1.82, 2.24) is 4.98 Å². The van der Waals surface area contributed by atoms with Crippen LogP contribution in [0.15, 0.2) is 46.6 Å². The number of benzene rings is 2. The molecule has 0 unspecified atom stereocenters. The smallest absolute Gasteiger partial charge is 0.182 e. The van der Waals surface area contributed by atoms with Crippen molar-refractivity contribution in [1.29, 1.82) is 0 Å². The number of azo groups is 1. The standard InChI is InChI=1S/C15H8Cl4N4S/c16-8-3-1-7(2-4-8)12-14(24-15(20)21-12)23-22-13-10(18)5-9(17)6-11(13)19/h1-6H,(H2,20,21). The number of thiazole rings is 1. The fourth-order valence-electron chi connectivity index (χ4n) is 1.92. The number of hydrogen-bond acceptors (Lipinski definition) is 5. The molecule has 3 aromatic rings. The van der Waals surface area contributed by atoms with Gasteiger partial charge in [-0.2, -0.15) is 0 Å². The van der Waals surface area contributed by atoms with Gasteiger partial charge in [0.15, 0.2) is 10.1 Å². The van der Waals surface area contributed by atoms with Crippen molar-refractivity contribution in [3.8, 4) is 11.3 Å². The second-order valence-corrected chi connectivity index (χ2v) is 7.33. The molecular formula is C15H8Cl4N4S. The minimum atomic E-state index is 0.307. The summed E-state index contributed by atoms with van der Waals surface area (Å²) in [5.41, 5.74) is 7.57. The molecule has 122 valence electrons. The predicted octanol–water partition coefficient (Wildman–Crippen LogP) is 7.42. The van der Waals surface area contributed by atoms with Crippen molar-refractivity contribution in [2.24, 2.45) is 10.2 Å². The zero-order chi connectivity index (χ0) is 17.3. The average Bonchev–Trinajstić information content (AvgIpc) is 2.88. The first kappa shape index (κ1) is 17.5. The van der Waals surface area contributed by atoms with Gasteiger partial charge in [0.2, 0.25) is 0 Å². The summed E-state index contributed by atoms with van der Waals surface area (Å²) < 4.78 is 0. The van der Waals surface area contributed by atoms with Gasteiger partial charge in [-0.1, -0.05) is 69.9 Å². The van der Waals surface area contributed by atoms with Crippen molar-refractivity contribution in [2.45, 2.75) is 0 Å². The van der Waals surface area contributed by atoms with Crippen LogP contribution in [0.3, 0.4) is 0 Å². The maximum atomic E-state index is 6.11. The van der Waals surface area contributed by atoms with Crippen LogP contribution in [0.4, 0.5) is 15.8 Å². The van der Waals surface area contributed by atoms with Gasteiger partial charge in [0, 0.05) is 15.6 Å². The SMILES string of the molecule is Nc1nc(-c2ccc(Cl)cc2)c(N=Nc2c(Cl)cc(Cl)cc2Cl)s1. The highest BCUT2D eigenvalue weighted by Crippen LogP contribution is 2.41. The van der Waals surface area contributed by atoms with E-state index < -0.39 is 0 Å². The molecule has 0 aliphatic carbocycles. The highest BCUT2D eigenvalue weighted by molar-refractivity contribution is 7.19. The molecule has 0 atom stereocenters. The second-order valence-electron chi connectivity index (χ2n) is 4.63. The quantitative estimate of drug-likeness (QED) is 0.450. The summed E-state index contributed by atoms with van der Waals surface area (Å²) in [5, 5.41) is 10.9. The van der Waals surface area contributed by atoms with Crippen LogP contribution in [0.25, 0.3) is 11.3 Å². The van der Waals surface area contributed by atoms with Crippen LogP contribution < -0.4 is 5.73 Å². The van der Waals surface area contributed by atoms with Gasteiger partial charge in [0.25, 0.3) is 0 Å². The largest absolute Gasteiger partial charge is 0.375 e. The lowest BCUT2D eigenvalue weighted by Gasteiger charge is -2.01. The van der Waals surface area contributed by atoms with Crippen LogP contribution >= 0.6 is 57.7 Å². The fraction of sp³-hybridized carbons (Fsp3) is 0. The molecule has 24 heavy (non-hydrogen) atoms. The molecule has 9 heteroatoms. The van der Waals surface area contributed by atoms with Crippen LogP contribution in [0.1, 0.15) is 0 Å². The van der Waals surface area contributed by atoms with Gasteiger partial charge >= 0.3 is 0 Å². The lowest BCUT2D eigenvalue weighted by molar-refractivity contribution is 1.24. The minimum absolute atomic E-state index is 0.307. The Morgan fingerprint density at radius 3 is 2.12 bits per heavy atom. The summed E-state index contributed by atoms with van der Waals surface area (Å²) in [6.07, 6.45) is 0. The number of hydrogen-bond donors (Lipinski definition) is 1. The molecule has 0 aliphatic heterocycles. The highest BCUT2D eigenvalue weighted by atomic mass is 35.5. The molecule has 0 bridgehead atoms. The molecule has 0 fully saturated rings.